The SMILES string of the molecule is COC(=O)[C@H](Cc1ccccc1)NC(=O)[C@H](NS(C)(=O)=O)c1ccccc1. The van der Waals surface area contributed by atoms with Crippen LogP contribution in [0.3, 0.4) is 0 Å². The topological polar surface area (TPSA) is 102 Å². The van der Waals surface area contributed by atoms with Crippen LogP contribution >= 0.6 is 0 Å². The number of sulfonamides is 1. The summed E-state index contributed by atoms with van der Waals surface area (Å²) >= 11 is 0. The molecule has 7 nitrogen and oxygen atoms in total. The Bertz CT molecular complexity index is 869. The smallest absolute Gasteiger partial charge is 0.328 e. The van der Waals surface area contributed by atoms with Gasteiger partial charge in [0.15, 0.2) is 0 Å². The van der Waals surface area contributed by atoms with Crippen LogP contribution in [0.25, 0.3) is 0 Å². The minimum Gasteiger partial charge on any atom is -0.467 e. The fraction of sp³-hybridized carbons (Fsp3) is 0.263. The van der Waals surface area contributed by atoms with Crippen LogP contribution in [0.15, 0.2) is 60.7 Å². The summed E-state index contributed by atoms with van der Waals surface area (Å²) in [7, 11) is -2.43. The summed E-state index contributed by atoms with van der Waals surface area (Å²) in [5.74, 6) is -1.25. The maximum absolute atomic E-state index is 12.8. The average Bonchev–Trinajstić information content (AvgIpc) is 2.65. The quantitative estimate of drug-likeness (QED) is 0.659. The number of ether oxygens (including phenoxy) is 1. The summed E-state index contributed by atoms with van der Waals surface area (Å²) < 4.78 is 30.5. The van der Waals surface area contributed by atoms with E-state index in [1.165, 1.54) is 7.11 Å². The minimum absolute atomic E-state index is 0.222. The fourth-order valence-electron chi connectivity index (χ4n) is 2.57. The first-order valence-electron chi connectivity index (χ1n) is 8.24. The van der Waals surface area contributed by atoms with Gasteiger partial charge in [-0.25, -0.2) is 13.2 Å². The molecule has 8 heteroatoms. The predicted octanol–water partition coefficient (Wildman–Crippen LogP) is 1.18. The zero-order chi connectivity index (χ0) is 19.9. The van der Waals surface area contributed by atoms with E-state index in [2.05, 4.69) is 10.0 Å². The Morgan fingerprint density at radius 2 is 1.56 bits per heavy atom. The maximum atomic E-state index is 12.8. The molecule has 2 N–H and O–H groups in total. The Morgan fingerprint density at radius 3 is 2.07 bits per heavy atom. The molecule has 0 aliphatic heterocycles. The van der Waals surface area contributed by atoms with Crippen LogP contribution in [0.4, 0.5) is 0 Å². The van der Waals surface area contributed by atoms with Crippen LogP contribution in [0, 0.1) is 0 Å². The zero-order valence-electron chi connectivity index (χ0n) is 15.1. The van der Waals surface area contributed by atoms with Crippen molar-refractivity contribution in [2.24, 2.45) is 0 Å². The first-order chi connectivity index (χ1) is 12.8. The Hall–Kier alpha value is -2.71. The lowest BCUT2D eigenvalue weighted by atomic mass is 10.0. The molecule has 1 amide bonds. The second-order valence-electron chi connectivity index (χ2n) is 6.01. The highest BCUT2D eigenvalue weighted by Crippen LogP contribution is 2.15. The van der Waals surface area contributed by atoms with Gasteiger partial charge in [0.1, 0.15) is 12.1 Å². The number of benzene rings is 2. The van der Waals surface area contributed by atoms with Gasteiger partial charge >= 0.3 is 5.97 Å². The molecule has 2 rings (SSSR count). The fourth-order valence-corrected chi connectivity index (χ4v) is 3.24. The summed E-state index contributed by atoms with van der Waals surface area (Å²) in [6.07, 6.45) is 1.19. The van der Waals surface area contributed by atoms with Crippen molar-refractivity contribution in [2.75, 3.05) is 13.4 Å². The molecule has 0 aliphatic rings. The van der Waals surface area contributed by atoms with Crippen LogP contribution in [-0.2, 0) is 30.8 Å². The van der Waals surface area contributed by atoms with Gasteiger partial charge in [0.25, 0.3) is 0 Å². The number of carbonyl (C=O) groups is 2. The standard InChI is InChI=1S/C19H22N2O5S/c1-26-19(23)16(13-14-9-5-3-6-10-14)20-18(22)17(21-27(2,24)25)15-11-7-4-8-12-15/h3-12,16-17,21H,13H2,1-2H3,(H,20,22)/t16-,17+/m0/s1. The van der Waals surface area contributed by atoms with E-state index in [-0.39, 0.29) is 6.42 Å². The van der Waals surface area contributed by atoms with Crippen LogP contribution in [0.2, 0.25) is 0 Å². The highest BCUT2D eigenvalue weighted by Gasteiger charge is 2.29. The van der Waals surface area contributed by atoms with E-state index >= 15 is 0 Å². The minimum atomic E-state index is -3.66. The van der Waals surface area contributed by atoms with Crippen LogP contribution < -0.4 is 10.0 Å². The molecular weight excluding hydrogens is 368 g/mol. The summed E-state index contributed by atoms with van der Waals surface area (Å²) in [6.45, 7) is 0. The number of nitrogens with one attached hydrogen (secondary N) is 2. The van der Waals surface area contributed by atoms with E-state index in [9.17, 15) is 18.0 Å². The first kappa shape index (κ1) is 20.6. The number of hydrogen-bond donors (Lipinski definition) is 2. The largest absolute Gasteiger partial charge is 0.467 e. The molecule has 2 aromatic carbocycles. The lowest BCUT2D eigenvalue weighted by Crippen LogP contribution is -2.48. The van der Waals surface area contributed by atoms with Gasteiger partial charge in [0, 0.05) is 6.42 Å². The van der Waals surface area contributed by atoms with Crippen molar-refractivity contribution in [3.63, 3.8) is 0 Å². The molecule has 0 fully saturated rings. The predicted molar refractivity (Wildman–Crippen MR) is 101 cm³/mol. The van der Waals surface area contributed by atoms with Gasteiger partial charge in [-0.15, -0.1) is 0 Å². The molecule has 0 aliphatic carbocycles. The van der Waals surface area contributed by atoms with Crippen molar-refractivity contribution in [2.45, 2.75) is 18.5 Å². The maximum Gasteiger partial charge on any atom is 0.328 e. The van der Waals surface area contributed by atoms with E-state index in [0.29, 0.717) is 5.56 Å². The number of methoxy groups -OCH3 is 1. The Balaban J connectivity index is 2.24. The molecule has 2 aromatic rings. The second kappa shape index (κ2) is 9.29. The summed E-state index contributed by atoms with van der Waals surface area (Å²) in [6, 6.07) is 15.4. The number of hydrogen-bond acceptors (Lipinski definition) is 5. The Kier molecular flexibility index (Phi) is 7.09. The van der Waals surface area contributed by atoms with Crippen LogP contribution in [-0.4, -0.2) is 39.7 Å². The van der Waals surface area contributed by atoms with E-state index in [1.807, 2.05) is 30.3 Å². The zero-order valence-corrected chi connectivity index (χ0v) is 15.9. The normalized spacial score (nSPS) is 13.4. The Labute approximate surface area is 158 Å². The number of esters is 1. The molecule has 0 saturated heterocycles. The van der Waals surface area contributed by atoms with Crippen LogP contribution in [0.1, 0.15) is 17.2 Å². The van der Waals surface area contributed by atoms with E-state index in [0.717, 1.165) is 11.8 Å². The van der Waals surface area contributed by atoms with Crippen molar-refractivity contribution < 1.29 is 22.7 Å². The molecule has 0 radical (unpaired) electrons. The van der Waals surface area contributed by atoms with Crippen molar-refractivity contribution in [3.05, 3.63) is 71.8 Å². The molecule has 0 bridgehead atoms. The van der Waals surface area contributed by atoms with Gasteiger partial charge in [-0.05, 0) is 11.1 Å². The molecule has 27 heavy (non-hydrogen) atoms. The van der Waals surface area contributed by atoms with Crippen molar-refractivity contribution >= 4 is 21.9 Å². The van der Waals surface area contributed by atoms with E-state index in [4.69, 9.17) is 4.74 Å². The monoisotopic (exact) mass is 390 g/mol. The average molecular weight is 390 g/mol. The number of rotatable bonds is 8. The lowest BCUT2D eigenvalue weighted by Gasteiger charge is -2.22. The first-order valence-corrected chi connectivity index (χ1v) is 10.1. The third-order valence-corrected chi connectivity index (χ3v) is 4.48. The third-order valence-electron chi connectivity index (χ3n) is 3.81. The summed E-state index contributed by atoms with van der Waals surface area (Å²) in [5, 5.41) is 2.60. The molecule has 0 saturated carbocycles. The molecule has 0 heterocycles. The third kappa shape index (κ3) is 6.50. The van der Waals surface area contributed by atoms with Crippen molar-refractivity contribution in [1.82, 2.24) is 10.0 Å². The molecule has 0 unspecified atom stereocenters. The summed E-state index contributed by atoms with van der Waals surface area (Å²) in [4.78, 5) is 24.9. The molecular formula is C19H22N2O5S. The van der Waals surface area contributed by atoms with Crippen molar-refractivity contribution in [3.8, 4) is 0 Å². The van der Waals surface area contributed by atoms with Gasteiger partial charge in [-0.3, -0.25) is 4.79 Å². The van der Waals surface area contributed by atoms with Gasteiger partial charge in [0.05, 0.1) is 13.4 Å². The second-order valence-corrected chi connectivity index (χ2v) is 7.79. The number of amides is 1. The highest BCUT2D eigenvalue weighted by atomic mass is 32.2. The van der Waals surface area contributed by atoms with E-state index < -0.39 is 34.0 Å². The Morgan fingerprint density at radius 1 is 1.00 bits per heavy atom. The summed E-state index contributed by atoms with van der Waals surface area (Å²) in [5.41, 5.74) is 1.30. The van der Waals surface area contributed by atoms with Crippen molar-refractivity contribution in [1.29, 1.82) is 0 Å². The molecule has 0 spiro atoms. The number of carbonyl (C=O) groups excluding carboxylic acids is 2. The van der Waals surface area contributed by atoms with Crippen LogP contribution in [0.5, 0.6) is 0 Å². The van der Waals surface area contributed by atoms with Gasteiger partial charge in [-0.2, -0.15) is 4.72 Å². The van der Waals surface area contributed by atoms with Gasteiger partial charge in [0.2, 0.25) is 15.9 Å². The van der Waals surface area contributed by atoms with Gasteiger partial charge in [-0.1, -0.05) is 60.7 Å². The van der Waals surface area contributed by atoms with E-state index in [1.54, 1.807) is 30.3 Å². The lowest BCUT2D eigenvalue weighted by molar-refractivity contribution is -0.145. The molecule has 0 aromatic heterocycles. The molecule has 144 valence electrons. The molecule has 2 atom stereocenters. The van der Waals surface area contributed by atoms with Gasteiger partial charge < -0.3 is 10.1 Å². The highest BCUT2D eigenvalue weighted by molar-refractivity contribution is 7.88.